The van der Waals surface area contributed by atoms with E-state index in [1.54, 1.807) is 6.08 Å². The highest BCUT2D eigenvalue weighted by atomic mass is 16.6. The molecule has 0 aliphatic heterocycles. The number of unbranched alkanes of at least 4 members (excludes halogenated alkanes) is 1. The second-order valence-corrected chi connectivity index (χ2v) is 4.98. The minimum Gasteiger partial charge on any atom is -0.460 e. The van der Waals surface area contributed by atoms with Crippen LogP contribution in [0.1, 0.15) is 51.4 Å². The number of carbonyl (C=O) groups is 1. The van der Waals surface area contributed by atoms with Crippen LogP contribution in [0.3, 0.4) is 0 Å². The van der Waals surface area contributed by atoms with Crippen LogP contribution in [0.15, 0.2) is 25.3 Å². The van der Waals surface area contributed by atoms with E-state index in [1.807, 2.05) is 6.08 Å². The third kappa shape index (κ3) is 6.58. The largest absolute Gasteiger partial charge is 0.460 e. The molecule has 19 heavy (non-hydrogen) atoms. The first-order chi connectivity index (χ1) is 9.27. The summed E-state index contributed by atoms with van der Waals surface area (Å²) in [4.78, 5) is 11.7. The Balaban J connectivity index is 2.32. The van der Waals surface area contributed by atoms with Gasteiger partial charge < -0.3 is 9.47 Å². The molecule has 1 rings (SSSR count). The summed E-state index contributed by atoms with van der Waals surface area (Å²) in [5.74, 6) is -0.133. The summed E-state index contributed by atoms with van der Waals surface area (Å²) in [6.07, 6.45) is 10.9. The number of carbonyl (C=O) groups excluding carboxylic acids is 1. The van der Waals surface area contributed by atoms with Crippen molar-refractivity contribution in [3.8, 4) is 0 Å². The molecule has 2 atom stereocenters. The molecule has 0 aromatic rings. The fraction of sp³-hybridized carbons (Fsp3) is 0.688. The zero-order chi connectivity index (χ0) is 13.9. The third-order valence-corrected chi connectivity index (χ3v) is 3.36. The Labute approximate surface area is 116 Å². The Kier molecular flexibility index (Phi) is 8.23. The predicted octanol–water partition coefficient (Wildman–Crippen LogP) is 3.79. The lowest BCUT2D eigenvalue weighted by Crippen LogP contribution is -2.36. The predicted molar refractivity (Wildman–Crippen MR) is 77.0 cm³/mol. The van der Waals surface area contributed by atoms with Gasteiger partial charge in [-0.25, -0.2) is 0 Å². The Morgan fingerprint density at radius 2 is 1.79 bits per heavy atom. The van der Waals surface area contributed by atoms with Gasteiger partial charge in [-0.05, 0) is 38.5 Å². The van der Waals surface area contributed by atoms with Crippen LogP contribution in [0, 0.1) is 0 Å². The summed E-state index contributed by atoms with van der Waals surface area (Å²) in [6.45, 7) is 8.03. The van der Waals surface area contributed by atoms with E-state index in [0.717, 1.165) is 45.1 Å². The van der Waals surface area contributed by atoms with E-state index in [2.05, 4.69) is 13.2 Å². The van der Waals surface area contributed by atoms with Crippen LogP contribution in [0.2, 0.25) is 0 Å². The number of hydrogen-bond donors (Lipinski definition) is 0. The van der Waals surface area contributed by atoms with Gasteiger partial charge in [0.05, 0.1) is 6.10 Å². The summed E-state index contributed by atoms with van der Waals surface area (Å²) in [5.41, 5.74) is 0. The number of rotatable bonds is 9. The van der Waals surface area contributed by atoms with Crippen LogP contribution in [-0.4, -0.2) is 24.8 Å². The van der Waals surface area contributed by atoms with Crippen molar-refractivity contribution in [2.45, 2.75) is 63.6 Å². The molecule has 3 heteroatoms. The van der Waals surface area contributed by atoms with E-state index in [4.69, 9.17) is 9.47 Å². The van der Waals surface area contributed by atoms with Crippen molar-refractivity contribution in [2.24, 2.45) is 0 Å². The fourth-order valence-corrected chi connectivity index (χ4v) is 2.30. The maximum absolute atomic E-state index is 11.7. The van der Waals surface area contributed by atoms with Crippen molar-refractivity contribution in [3.05, 3.63) is 25.3 Å². The molecule has 0 amide bonds. The van der Waals surface area contributed by atoms with E-state index in [0.29, 0.717) is 12.8 Å². The number of ether oxygens (including phenoxy) is 2. The van der Waals surface area contributed by atoms with E-state index < -0.39 is 0 Å². The van der Waals surface area contributed by atoms with Gasteiger partial charge in [0, 0.05) is 13.0 Å². The van der Waals surface area contributed by atoms with Gasteiger partial charge in [0.25, 0.3) is 0 Å². The minimum absolute atomic E-state index is 0.0604. The molecule has 0 saturated heterocycles. The van der Waals surface area contributed by atoms with E-state index in [-0.39, 0.29) is 18.2 Å². The van der Waals surface area contributed by atoms with Crippen molar-refractivity contribution in [3.63, 3.8) is 0 Å². The normalized spacial score (nSPS) is 22.7. The summed E-state index contributed by atoms with van der Waals surface area (Å²) < 4.78 is 11.4. The monoisotopic (exact) mass is 266 g/mol. The number of hydrogen-bond acceptors (Lipinski definition) is 3. The van der Waals surface area contributed by atoms with Gasteiger partial charge in [-0.3, -0.25) is 4.79 Å². The number of allylic oxidation sites excluding steroid dienone is 2. The average Bonchev–Trinajstić information content (AvgIpc) is 2.43. The lowest BCUT2D eigenvalue weighted by atomic mass is 9.94. The Morgan fingerprint density at radius 1 is 1.11 bits per heavy atom. The Bertz CT molecular complexity index is 286. The fourth-order valence-electron chi connectivity index (χ4n) is 2.30. The van der Waals surface area contributed by atoms with Gasteiger partial charge in [-0.1, -0.05) is 18.6 Å². The molecule has 1 fully saturated rings. The highest BCUT2D eigenvalue weighted by Crippen LogP contribution is 2.24. The molecule has 3 nitrogen and oxygen atoms in total. The zero-order valence-electron chi connectivity index (χ0n) is 11.8. The molecule has 0 spiro atoms. The molecular formula is C16H26O3. The topological polar surface area (TPSA) is 35.5 Å². The van der Waals surface area contributed by atoms with Crippen molar-refractivity contribution in [1.82, 2.24) is 0 Å². The zero-order valence-corrected chi connectivity index (χ0v) is 11.8. The van der Waals surface area contributed by atoms with Gasteiger partial charge in [0.15, 0.2) is 0 Å². The minimum atomic E-state index is -0.133. The van der Waals surface area contributed by atoms with Crippen molar-refractivity contribution >= 4 is 5.97 Å². The second kappa shape index (κ2) is 9.79. The SMILES string of the molecule is C=CCCCO[C@@H]1CCCC[C@H]1OC(=O)CCC=C. The summed E-state index contributed by atoms with van der Waals surface area (Å²) >= 11 is 0. The first-order valence-electron chi connectivity index (χ1n) is 7.30. The quantitative estimate of drug-likeness (QED) is 0.362. The maximum Gasteiger partial charge on any atom is 0.306 e. The number of esters is 1. The lowest BCUT2D eigenvalue weighted by Gasteiger charge is -2.31. The van der Waals surface area contributed by atoms with Crippen LogP contribution < -0.4 is 0 Å². The summed E-state index contributed by atoms with van der Waals surface area (Å²) in [7, 11) is 0. The van der Waals surface area contributed by atoms with Crippen molar-refractivity contribution in [2.75, 3.05) is 6.61 Å². The van der Waals surface area contributed by atoms with Crippen molar-refractivity contribution in [1.29, 1.82) is 0 Å². The molecule has 0 heterocycles. The molecule has 0 aromatic heterocycles. The molecule has 108 valence electrons. The van der Waals surface area contributed by atoms with Gasteiger partial charge in [0.1, 0.15) is 6.10 Å². The van der Waals surface area contributed by atoms with Crippen molar-refractivity contribution < 1.29 is 14.3 Å². The molecular weight excluding hydrogens is 240 g/mol. The maximum atomic E-state index is 11.7. The summed E-state index contributed by atoms with van der Waals surface area (Å²) in [6, 6.07) is 0. The highest BCUT2D eigenvalue weighted by Gasteiger charge is 2.28. The van der Waals surface area contributed by atoms with Crippen LogP contribution in [0.5, 0.6) is 0 Å². The van der Waals surface area contributed by atoms with E-state index in [1.165, 1.54) is 0 Å². The molecule has 0 unspecified atom stereocenters. The molecule has 1 aliphatic carbocycles. The smallest absolute Gasteiger partial charge is 0.306 e. The molecule has 0 bridgehead atoms. The van der Waals surface area contributed by atoms with Gasteiger partial charge >= 0.3 is 5.97 Å². The molecule has 0 aromatic carbocycles. The second-order valence-electron chi connectivity index (χ2n) is 4.98. The van der Waals surface area contributed by atoms with Crippen LogP contribution in [0.25, 0.3) is 0 Å². The molecule has 0 radical (unpaired) electrons. The van der Waals surface area contributed by atoms with Gasteiger partial charge in [-0.2, -0.15) is 0 Å². The van der Waals surface area contributed by atoms with E-state index >= 15 is 0 Å². The summed E-state index contributed by atoms with van der Waals surface area (Å²) in [5, 5.41) is 0. The molecule has 1 aliphatic rings. The standard InChI is InChI=1S/C16H26O3/c1-3-5-9-13-18-14-10-7-8-11-15(14)19-16(17)12-6-4-2/h3-4,14-15H,1-2,5-13H2/t14-,15-/m1/s1. The van der Waals surface area contributed by atoms with Crippen LogP contribution in [-0.2, 0) is 14.3 Å². The van der Waals surface area contributed by atoms with E-state index in [9.17, 15) is 4.79 Å². The van der Waals surface area contributed by atoms with Crippen LogP contribution >= 0.6 is 0 Å². The average molecular weight is 266 g/mol. The Hall–Kier alpha value is -1.09. The van der Waals surface area contributed by atoms with Gasteiger partial charge in [0.2, 0.25) is 0 Å². The highest BCUT2D eigenvalue weighted by molar-refractivity contribution is 5.69. The molecule has 1 saturated carbocycles. The third-order valence-electron chi connectivity index (χ3n) is 3.36. The molecule has 0 N–H and O–H groups in total. The lowest BCUT2D eigenvalue weighted by molar-refractivity contribution is -0.161. The first-order valence-corrected chi connectivity index (χ1v) is 7.30. The van der Waals surface area contributed by atoms with Gasteiger partial charge in [-0.15, -0.1) is 13.2 Å². The first kappa shape index (κ1) is 16.0. The van der Waals surface area contributed by atoms with Crippen LogP contribution in [0.4, 0.5) is 0 Å². The Morgan fingerprint density at radius 3 is 2.47 bits per heavy atom.